The van der Waals surface area contributed by atoms with E-state index in [4.69, 9.17) is 4.98 Å². The third-order valence-corrected chi connectivity index (χ3v) is 4.41. The zero-order valence-corrected chi connectivity index (χ0v) is 12.1. The van der Waals surface area contributed by atoms with Crippen molar-refractivity contribution < 1.29 is 0 Å². The van der Waals surface area contributed by atoms with Gasteiger partial charge in [-0.1, -0.05) is 43.2 Å². The molecule has 0 unspecified atom stereocenters. The normalized spacial score (nSPS) is 15.4. The summed E-state index contributed by atoms with van der Waals surface area (Å²) in [5.74, 6) is 0. The van der Waals surface area contributed by atoms with Crippen LogP contribution in [-0.2, 0) is 12.8 Å². The van der Waals surface area contributed by atoms with Crippen molar-refractivity contribution in [2.75, 3.05) is 0 Å². The molecule has 0 spiro atoms. The topological polar surface area (TPSA) is 30.2 Å². The Morgan fingerprint density at radius 2 is 1.67 bits per heavy atom. The summed E-state index contributed by atoms with van der Waals surface area (Å²) in [6.07, 6.45) is 11.5. The second-order valence-corrected chi connectivity index (χ2v) is 5.80. The highest BCUT2D eigenvalue weighted by molar-refractivity contribution is 5.77. The number of aromatic nitrogens is 3. The average Bonchev–Trinajstić information content (AvgIpc) is 2.92. The highest BCUT2D eigenvalue weighted by atomic mass is 15.3. The highest BCUT2D eigenvalue weighted by Gasteiger charge is 2.15. The van der Waals surface area contributed by atoms with Gasteiger partial charge in [-0.2, -0.15) is 5.10 Å². The largest absolute Gasteiger partial charge is 0.236 e. The summed E-state index contributed by atoms with van der Waals surface area (Å²) in [6.45, 7) is 0. The predicted octanol–water partition coefficient (Wildman–Crippen LogP) is 4.06. The first kappa shape index (κ1) is 12.6. The Bertz CT molecular complexity index is 759. The maximum absolute atomic E-state index is 4.70. The van der Waals surface area contributed by atoms with E-state index in [9.17, 15) is 0 Å². The van der Waals surface area contributed by atoms with Crippen molar-refractivity contribution in [3.05, 3.63) is 54.0 Å². The minimum Gasteiger partial charge on any atom is -0.236 e. The van der Waals surface area contributed by atoms with Gasteiger partial charge in [0, 0.05) is 17.5 Å². The fraction of sp³-hybridized carbons (Fsp3) is 0.333. The predicted molar refractivity (Wildman–Crippen MR) is 84.3 cm³/mol. The molecular formula is C18H19N3. The van der Waals surface area contributed by atoms with Gasteiger partial charge in [0.25, 0.3) is 0 Å². The number of hydrogen-bond acceptors (Lipinski definition) is 2. The van der Waals surface area contributed by atoms with Gasteiger partial charge >= 0.3 is 0 Å². The molecule has 0 atom stereocenters. The summed E-state index contributed by atoms with van der Waals surface area (Å²) in [7, 11) is 0. The van der Waals surface area contributed by atoms with Crippen LogP contribution in [0.15, 0.2) is 42.7 Å². The molecule has 1 aliphatic carbocycles. The summed E-state index contributed by atoms with van der Waals surface area (Å²) < 4.78 is 2.07. The number of fused-ring (bicyclic) bond motifs is 3. The molecule has 2 aromatic heterocycles. The molecule has 0 saturated heterocycles. The summed E-state index contributed by atoms with van der Waals surface area (Å²) >= 11 is 0. The van der Waals surface area contributed by atoms with E-state index in [-0.39, 0.29) is 0 Å². The van der Waals surface area contributed by atoms with E-state index in [1.165, 1.54) is 42.5 Å². The minimum atomic E-state index is 0.987. The van der Waals surface area contributed by atoms with Crippen molar-refractivity contribution in [1.82, 2.24) is 14.6 Å². The number of rotatable bonds is 1. The number of nitrogens with zero attached hydrogens (tertiary/aromatic N) is 3. The van der Waals surface area contributed by atoms with E-state index in [1.807, 2.05) is 12.3 Å². The van der Waals surface area contributed by atoms with Crippen LogP contribution in [0.1, 0.15) is 36.9 Å². The van der Waals surface area contributed by atoms with E-state index in [1.54, 1.807) is 0 Å². The summed E-state index contributed by atoms with van der Waals surface area (Å²) in [5, 5.41) is 4.63. The monoisotopic (exact) mass is 277 g/mol. The molecule has 21 heavy (non-hydrogen) atoms. The van der Waals surface area contributed by atoms with Crippen LogP contribution in [0.5, 0.6) is 0 Å². The van der Waals surface area contributed by atoms with E-state index in [0.717, 1.165) is 24.1 Å². The first-order chi connectivity index (χ1) is 10.4. The molecule has 0 bridgehead atoms. The van der Waals surface area contributed by atoms with E-state index in [2.05, 4.69) is 40.1 Å². The fourth-order valence-corrected chi connectivity index (χ4v) is 3.27. The first-order valence-corrected chi connectivity index (χ1v) is 7.83. The zero-order valence-electron chi connectivity index (χ0n) is 12.1. The van der Waals surface area contributed by atoms with Gasteiger partial charge in [0.05, 0.1) is 6.20 Å². The van der Waals surface area contributed by atoms with Gasteiger partial charge in [0.15, 0.2) is 5.65 Å². The Labute approximate surface area is 124 Å². The SMILES string of the molecule is c1ccc(-c2cnn3c4c(cnc23)CCCCCC4)cc1. The number of hydrogen-bond donors (Lipinski definition) is 0. The van der Waals surface area contributed by atoms with Gasteiger partial charge < -0.3 is 0 Å². The molecule has 3 heteroatoms. The molecule has 0 N–H and O–H groups in total. The van der Waals surface area contributed by atoms with Gasteiger partial charge in [-0.15, -0.1) is 0 Å². The van der Waals surface area contributed by atoms with Crippen LogP contribution in [0, 0.1) is 0 Å². The Hall–Kier alpha value is -2.16. The molecule has 0 aliphatic heterocycles. The molecule has 1 aromatic carbocycles. The molecule has 0 radical (unpaired) electrons. The number of benzene rings is 1. The molecular weight excluding hydrogens is 258 g/mol. The van der Waals surface area contributed by atoms with Crippen molar-refractivity contribution in [3.8, 4) is 11.1 Å². The fourth-order valence-electron chi connectivity index (χ4n) is 3.27. The van der Waals surface area contributed by atoms with Crippen LogP contribution in [0.3, 0.4) is 0 Å². The lowest BCUT2D eigenvalue weighted by molar-refractivity contribution is 0.596. The summed E-state index contributed by atoms with van der Waals surface area (Å²) in [4.78, 5) is 4.70. The number of aryl methyl sites for hydroxylation is 2. The molecule has 0 saturated carbocycles. The van der Waals surface area contributed by atoms with Gasteiger partial charge in [-0.3, -0.25) is 0 Å². The molecule has 0 amide bonds. The van der Waals surface area contributed by atoms with Crippen molar-refractivity contribution >= 4 is 5.65 Å². The summed E-state index contributed by atoms with van der Waals surface area (Å²) in [5.41, 5.74) is 6.04. The Morgan fingerprint density at radius 3 is 2.52 bits per heavy atom. The second kappa shape index (κ2) is 5.32. The molecule has 106 valence electrons. The Morgan fingerprint density at radius 1 is 0.857 bits per heavy atom. The molecule has 3 aromatic rings. The lowest BCUT2D eigenvalue weighted by atomic mass is 9.98. The zero-order chi connectivity index (χ0) is 14.1. The first-order valence-electron chi connectivity index (χ1n) is 7.83. The van der Waals surface area contributed by atoms with Crippen LogP contribution in [0.25, 0.3) is 16.8 Å². The van der Waals surface area contributed by atoms with Crippen molar-refractivity contribution in [2.24, 2.45) is 0 Å². The lowest BCUT2D eigenvalue weighted by Gasteiger charge is -2.14. The van der Waals surface area contributed by atoms with Crippen molar-refractivity contribution in [1.29, 1.82) is 0 Å². The quantitative estimate of drug-likeness (QED) is 0.671. The average molecular weight is 277 g/mol. The van der Waals surface area contributed by atoms with Crippen LogP contribution in [0.2, 0.25) is 0 Å². The highest BCUT2D eigenvalue weighted by Crippen LogP contribution is 2.26. The standard InChI is InChI=1S/C18H19N3/c1-2-7-11-17-15(10-4-1)12-19-18-16(13-20-21(17)18)14-8-5-3-6-9-14/h3,5-6,8-9,12-13H,1-2,4,7,10-11H2. The van der Waals surface area contributed by atoms with Gasteiger partial charge in [-0.05, 0) is 36.8 Å². The Kier molecular flexibility index (Phi) is 3.18. The van der Waals surface area contributed by atoms with Crippen molar-refractivity contribution in [2.45, 2.75) is 38.5 Å². The van der Waals surface area contributed by atoms with Gasteiger partial charge in [0.2, 0.25) is 0 Å². The molecule has 3 nitrogen and oxygen atoms in total. The smallest absolute Gasteiger partial charge is 0.163 e. The second-order valence-electron chi connectivity index (χ2n) is 5.80. The van der Waals surface area contributed by atoms with Crippen molar-refractivity contribution in [3.63, 3.8) is 0 Å². The third-order valence-electron chi connectivity index (χ3n) is 4.41. The third kappa shape index (κ3) is 2.23. The van der Waals surface area contributed by atoms with Crippen LogP contribution in [0.4, 0.5) is 0 Å². The van der Waals surface area contributed by atoms with Gasteiger partial charge in [-0.25, -0.2) is 9.50 Å². The van der Waals surface area contributed by atoms with Crippen LogP contribution < -0.4 is 0 Å². The van der Waals surface area contributed by atoms with Gasteiger partial charge in [0.1, 0.15) is 0 Å². The van der Waals surface area contributed by atoms with Crippen LogP contribution >= 0.6 is 0 Å². The Balaban J connectivity index is 1.88. The lowest BCUT2D eigenvalue weighted by Crippen LogP contribution is -2.08. The van der Waals surface area contributed by atoms with E-state index < -0.39 is 0 Å². The summed E-state index contributed by atoms with van der Waals surface area (Å²) in [6, 6.07) is 10.4. The molecule has 2 heterocycles. The maximum Gasteiger partial charge on any atom is 0.163 e. The minimum absolute atomic E-state index is 0.987. The molecule has 1 aliphatic rings. The maximum atomic E-state index is 4.70. The van der Waals surface area contributed by atoms with Crippen LogP contribution in [-0.4, -0.2) is 14.6 Å². The molecule has 4 rings (SSSR count). The molecule has 0 fully saturated rings. The van der Waals surface area contributed by atoms with E-state index >= 15 is 0 Å². The van der Waals surface area contributed by atoms with E-state index in [0.29, 0.717) is 0 Å².